The number of ether oxygens (including phenoxy) is 3. The lowest BCUT2D eigenvalue weighted by Gasteiger charge is -2.26. The maximum atomic E-state index is 14.9. The molecule has 272 valence electrons. The molecule has 0 unspecified atom stereocenters. The molecule has 1 N–H and O–H groups in total. The van der Waals surface area contributed by atoms with Gasteiger partial charge in [-0.2, -0.15) is 10.2 Å². The molecule has 2 aliphatic carbocycles. The number of thiophene rings is 1. The van der Waals surface area contributed by atoms with Gasteiger partial charge in [-0.15, -0.1) is 4.80 Å². The highest BCUT2D eigenvalue weighted by Crippen LogP contribution is 2.46. The van der Waals surface area contributed by atoms with Crippen LogP contribution in [0.25, 0.3) is 27.4 Å². The Morgan fingerprint density at radius 2 is 1.75 bits per heavy atom. The number of aryl methyl sites for hydroxylation is 1. The van der Waals surface area contributed by atoms with Crippen molar-refractivity contribution in [2.45, 2.75) is 68.6 Å². The SMILES string of the molecule is COCCOc1ccccc1[C@H](Cn1c(=O)n(C2(C(=O)NS(=O)(=O)C3(C)CC3)CC2)c(=O)c2c(C)c(-n3nccn3)sc21)OC1C=c2ccc(o2)=C1. The highest BCUT2D eigenvalue weighted by atomic mass is 32.2. The molecule has 15 nitrogen and oxygen atoms in total. The lowest BCUT2D eigenvalue weighted by atomic mass is 10.1. The Hall–Kier alpha value is -4.84. The van der Waals surface area contributed by atoms with Crippen molar-refractivity contribution >= 4 is 49.6 Å². The topological polar surface area (TPSA) is 179 Å². The first-order valence-corrected chi connectivity index (χ1v) is 19.1. The molecule has 0 saturated heterocycles. The van der Waals surface area contributed by atoms with E-state index in [1.807, 2.05) is 42.5 Å². The van der Waals surface area contributed by atoms with Crippen LogP contribution >= 0.6 is 11.3 Å². The van der Waals surface area contributed by atoms with E-state index in [1.54, 1.807) is 27.0 Å². The average molecular weight is 749 g/mol. The van der Waals surface area contributed by atoms with Crippen molar-refractivity contribution in [1.82, 2.24) is 28.9 Å². The summed E-state index contributed by atoms with van der Waals surface area (Å²) in [5.41, 5.74) is -0.794. The number of methoxy groups -OCH3 is 1. The largest absolute Gasteiger partial charge is 0.491 e. The Balaban J connectivity index is 1.29. The summed E-state index contributed by atoms with van der Waals surface area (Å²) < 4.78 is 53.6. The molecule has 2 bridgehead atoms. The molecule has 4 aromatic heterocycles. The van der Waals surface area contributed by atoms with Crippen LogP contribution in [0, 0.1) is 6.92 Å². The standard InChI is InChI=1S/C35H36N6O9S2/c1-21-28-29(42)40(35(12-13-35)32(43)38-52(45,46)34(2)10-11-34)33(44)39(31(28)51-30(21)41-36-14-15-37-41)20-27(50-24-18-22-8-9-23(19-24)49-22)25-6-4-5-7-26(25)48-17-16-47-3/h4-9,14-15,18-19,24,27H,10-13,16-17,20H2,1-3H3,(H,38,43)/t27-/m0/s1. The summed E-state index contributed by atoms with van der Waals surface area (Å²) in [5.74, 6) is -0.392. The molecule has 5 aromatic rings. The van der Waals surface area contributed by atoms with Crippen molar-refractivity contribution in [2.75, 3.05) is 20.3 Å². The molecular weight excluding hydrogens is 713 g/mol. The zero-order valence-corrected chi connectivity index (χ0v) is 30.2. The van der Waals surface area contributed by atoms with Crippen molar-refractivity contribution in [2.24, 2.45) is 0 Å². The number of nitrogens with zero attached hydrogens (tertiary/aromatic N) is 5. The minimum Gasteiger partial charge on any atom is -0.491 e. The van der Waals surface area contributed by atoms with E-state index in [4.69, 9.17) is 18.6 Å². The average Bonchev–Trinajstić information content (AvgIpc) is 3.92. The fourth-order valence-electron chi connectivity index (χ4n) is 6.52. The Bertz CT molecular complexity index is 2530. The van der Waals surface area contributed by atoms with Gasteiger partial charge in [-0.05, 0) is 69.9 Å². The van der Waals surface area contributed by atoms with Crippen LogP contribution in [0.1, 0.15) is 49.8 Å². The Kier molecular flexibility index (Phi) is 8.35. The van der Waals surface area contributed by atoms with E-state index in [2.05, 4.69) is 14.9 Å². The second kappa shape index (κ2) is 12.7. The van der Waals surface area contributed by atoms with Crippen molar-refractivity contribution in [1.29, 1.82) is 0 Å². The highest BCUT2D eigenvalue weighted by Gasteiger charge is 2.58. The monoisotopic (exact) mass is 748 g/mol. The quantitative estimate of drug-likeness (QED) is 0.163. The smallest absolute Gasteiger partial charge is 0.333 e. The molecule has 2 saturated carbocycles. The van der Waals surface area contributed by atoms with Crippen LogP contribution in [0.2, 0.25) is 0 Å². The zero-order chi connectivity index (χ0) is 36.4. The van der Waals surface area contributed by atoms with Crippen molar-refractivity contribution in [3.63, 3.8) is 0 Å². The van der Waals surface area contributed by atoms with E-state index in [0.29, 0.717) is 57.0 Å². The fraction of sp³-hybridized carbons (Fsp3) is 0.400. The normalized spacial score (nSPS) is 17.7. The minimum atomic E-state index is -4.05. The van der Waals surface area contributed by atoms with Crippen LogP contribution in [0.5, 0.6) is 5.75 Å². The van der Waals surface area contributed by atoms with E-state index in [0.717, 1.165) is 15.9 Å². The van der Waals surface area contributed by atoms with Gasteiger partial charge in [0, 0.05) is 18.2 Å². The summed E-state index contributed by atoms with van der Waals surface area (Å²) >= 11 is 1.16. The molecule has 52 heavy (non-hydrogen) atoms. The van der Waals surface area contributed by atoms with E-state index in [1.165, 1.54) is 21.8 Å². The van der Waals surface area contributed by atoms with Gasteiger partial charge in [0.2, 0.25) is 10.0 Å². The van der Waals surface area contributed by atoms with Gasteiger partial charge < -0.3 is 18.6 Å². The maximum Gasteiger partial charge on any atom is 0.333 e. The number of fused-ring (bicyclic) bond motifs is 3. The number of hydrogen-bond donors (Lipinski definition) is 1. The van der Waals surface area contributed by atoms with Crippen LogP contribution in [-0.4, -0.2) is 69.6 Å². The van der Waals surface area contributed by atoms with E-state index in [-0.39, 0.29) is 31.4 Å². The molecule has 8 rings (SSSR count). The number of amides is 1. The van der Waals surface area contributed by atoms with Gasteiger partial charge in [-0.25, -0.2) is 17.8 Å². The molecule has 0 spiro atoms. The van der Waals surface area contributed by atoms with Gasteiger partial charge in [0.25, 0.3) is 11.5 Å². The number of benzene rings is 1. The summed E-state index contributed by atoms with van der Waals surface area (Å²) in [7, 11) is -2.47. The number of carbonyl (C=O) groups excluding carboxylic acids is 1. The van der Waals surface area contributed by atoms with Gasteiger partial charge >= 0.3 is 5.69 Å². The van der Waals surface area contributed by atoms with Crippen molar-refractivity contribution in [3.8, 4) is 10.8 Å². The summed E-state index contributed by atoms with van der Waals surface area (Å²) in [6, 6.07) is 11.0. The predicted octanol–water partition coefficient (Wildman–Crippen LogP) is 1.62. The summed E-state index contributed by atoms with van der Waals surface area (Å²) in [6.45, 7) is 3.78. The van der Waals surface area contributed by atoms with Crippen LogP contribution in [0.15, 0.2) is 62.8 Å². The van der Waals surface area contributed by atoms with E-state index >= 15 is 0 Å². The number of sulfonamides is 1. The molecule has 5 heterocycles. The van der Waals surface area contributed by atoms with E-state index in [9.17, 15) is 22.8 Å². The van der Waals surface area contributed by atoms with Crippen molar-refractivity contribution in [3.05, 3.63) is 91.6 Å². The molecule has 2 fully saturated rings. The second-order valence-corrected chi connectivity index (χ2v) is 16.7. The van der Waals surface area contributed by atoms with Crippen LogP contribution in [0.4, 0.5) is 0 Å². The number of carbonyl (C=O) groups is 1. The number of furan rings is 1. The number of para-hydroxylation sites is 1. The van der Waals surface area contributed by atoms with Gasteiger partial charge in [0.05, 0.1) is 35.7 Å². The number of hydrogen-bond acceptors (Lipinski definition) is 12. The first kappa shape index (κ1) is 34.3. The third-order valence-corrected chi connectivity index (χ3v) is 13.4. The summed E-state index contributed by atoms with van der Waals surface area (Å²) in [4.78, 5) is 44.9. The Morgan fingerprint density at radius 1 is 1.06 bits per heavy atom. The summed E-state index contributed by atoms with van der Waals surface area (Å²) in [5, 5.41) is 9.22. The Morgan fingerprint density at radius 3 is 2.40 bits per heavy atom. The number of aromatic nitrogens is 5. The molecule has 17 heteroatoms. The van der Waals surface area contributed by atoms with Gasteiger partial charge in [-0.1, -0.05) is 29.5 Å². The third-order valence-electron chi connectivity index (χ3n) is 9.98. The zero-order valence-electron chi connectivity index (χ0n) is 28.6. The third kappa shape index (κ3) is 5.81. The summed E-state index contributed by atoms with van der Waals surface area (Å²) in [6.07, 6.45) is 6.28. The molecule has 1 aromatic carbocycles. The van der Waals surface area contributed by atoms with Gasteiger partial charge in [0.15, 0.2) is 0 Å². The number of rotatable bonds is 14. The minimum absolute atomic E-state index is 0.106. The van der Waals surface area contributed by atoms with Crippen molar-refractivity contribution < 1.29 is 31.8 Å². The molecular formula is C35H36N6O9S2. The first-order chi connectivity index (χ1) is 24.9. The number of nitrogens with one attached hydrogen (secondary N) is 1. The molecule has 3 aliphatic rings. The van der Waals surface area contributed by atoms with Gasteiger partial charge in [-0.3, -0.25) is 18.9 Å². The lowest BCUT2D eigenvalue weighted by molar-refractivity contribution is -0.124. The fourth-order valence-corrected chi connectivity index (χ4v) is 9.06. The highest BCUT2D eigenvalue weighted by molar-refractivity contribution is 7.91. The lowest BCUT2D eigenvalue weighted by Crippen LogP contribution is -2.53. The molecule has 1 aliphatic heterocycles. The molecule has 1 amide bonds. The Labute approximate surface area is 300 Å². The maximum absolute atomic E-state index is 14.9. The van der Waals surface area contributed by atoms with Crippen LogP contribution in [-0.2, 0) is 36.4 Å². The second-order valence-electron chi connectivity index (χ2n) is 13.5. The molecule has 1 atom stereocenters. The van der Waals surface area contributed by atoms with E-state index < -0.39 is 49.7 Å². The van der Waals surface area contributed by atoms with Gasteiger partial charge in [0.1, 0.15) is 50.8 Å². The molecule has 0 radical (unpaired) electrons. The first-order valence-electron chi connectivity index (χ1n) is 16.8. The van der Waals surface area contributed by atoms with Crippen LogP contribution in [0.3, 0.4) is 0 Å². The van der Waals surface area contributed by atoms with Crippen LogP contribution < -0.4 is 31.5 Å². The predicted molar refractivity (Wildman–Crippen MR) is 190 cm³/mol.